The molecule has 0 aliphatic carbocycles. The molecule has 0 saturated heterocycles. The van der Waals surface area contributed by atoms with Crippen molar-refractivity contribution in [2.24, 2.45) is 0 Å². The van der Waals surface area contributed by atoms with E-state index in [1.54, 1.807) is 13.3 Å². The molecule has 0 atom stereocenters. The molecule has 1 heterocycles. The van der Waals surface area contributed by atoms with Gasteiger partial charge in [0.05, 0.1) is 5.88 Å². The lowest BCUT2D eigenvalue weighted by Gasteiger charge is -2.21. The number of rotatable bonds is 3. The van der Waals surface area contributed by atoms with E-state index in [2.05, 4.69) is 9.97 Å². The van der Waals surface area contributed by atoms with Gasteiger partial charge < -0.3 is 4.74 Å². The van der Waals surface area contributed by atoms with Crippen molar-refractivity contribution in [1.82, 2.24) is 9.97 Å². The zero-order chi connectivity index (χ0) is 10.8. The van der Waals surface area contributed by atoms with Gasteiger partial charge >= 0.3 is 0 Å². The van der Waals surface area contributed by atoms with Crippen LogP contribution in [0.25, 0.3) is 0 Å². The minimum absolute atomic E-state index is 0.444. The third-order valence-electron chi connectivity index (χ3n) is 2.27. The fraction of sp³-hybridized carbons (Fsp3) is 0.600. The van der Waals surface area contributed by atoms with Crippen molar-refractivity contribution in [2.45, 2.75) is 32.3 Å². The number of nitrogens with zero attached hydrogens (tertiary/aromatic N) is 2. The van der Waals surface area contributed by atoms with Crippen molar-refractivity contribution >= 4 is 11.6 Å². The van der Waals surface area contributed by atoms with Gasteiger partial charge in [-0.05, 0) is 20.8 Å². The van der Waals surface area contributed by atoms with Gasteiger partial charge in [-0.1, -0.05) is 0 Å². The van der Waals surface area contributed by atoms with Gasteiger partial charge in [0, 0.05) is 24.6 Å². The van der Waals surface area contributed by atoms with Crippen LogP contribution in [0.5, 0.6) is 0 Å². The Morgan fingerprint density at radius 2 is 2.14 bits per heavy atom. The monoisotopic (exact) mass is 214 g/mol. The second-order valence-corrected chi connectivity index (χ2v) is 3.92. The van der Waals surface area contributed by atoms with E-state index < -0.39 is 5.60 Å². The largest absolute Gasteiger partial charge is 0.371 e. The predicted octanol–water partition coefficient (Wildman–Crippen LogP) is 2.41. The summed E-state index contributed by atoms with van der Waals surface area (Å²) in [7, 11) is 1.65. The number of aryl methyl sites for hydroxylation is 1. The van der Waals surface area contributed by atoms with Crippen molar-refractivity contribution < 1.29 is 4.74 Å². The van der Waals surface area contributed by atoms with Gasteiger partial charge in [0.15, 0.2) is 5.82 Å². The summed E-state index contributed by atoms with van der Waals surface area (Å²) in [5.74, 6) is 1.13. The van der Waals surface area contributed by atoms with Crippen LogP contribution in [0.4, 0.5) is 0 Å². The van der Waals surface area contributed by atoms with Crippen molar-refractivity contribution in [3.05, 3.63) is 23.3 Å². The minimum Gasteiger partial charge on any atom is -0.371 e. The summed E-state index contributed by atoms with van der Waals surface area (Å²) in [6.45, 7) is 5.79. The molecule has 1 aromatic heterocycles. The Kier molecular flexibility index (Phi) is 3.45. The molecule has 14 heavy (non-hydrogen) atoms. The van der Waals surface area contributed by atoms with Crippen LogP contribution in [0, 0.1) is 6.92 Å². The highest BCUT2D eigenvalue weighted by Gasteiger charge is 2.23. The predicted molar refractivity (Wildman–Crippen MR) is 56.4 cm³/mol. The number of halogens is 1. The van der Waals surface area contributed by atoms with E-state index in [0.717, 1.165) is 11.3 Å². The second kappa shape index (κ2) is 4.24. The first kappa shape index (κ1) is 11.4. The Labute approximate surface area is 89.5 Å². The Morgan fingerprint density at radius 1 is 1.50 bits per heavy atom. The second-order valence-electron chi connectivity index (χ2n) is 3.65. The third kappa shape index (κ3) is 2.22. The maximum Gasteiger partial charge on any atom is 0.159 e. The average Bonchev–Trinajstić information content (AvgIpc) is 2.17. The molecular formula is C10H15ClN2O. The number of hydrogen-bond donors (Lipinski definition) is 0. The fourth-order valence-corrected chi connectivity index (χ4v) is 1.27. The SMILES string of the molecule is COC(C)(C)c1ncc(CCl)c(C)n1. The van der Waals surface area contributed by atoms with Gasteiger partial charge in [-0.3, -0.25) is 0 Å². The molecule has 0 radical (unpaired) electrons. The Morgan fingerprint density at radius 3 is 2.57 bits per heavy atom. The number of ether oxygens (including phenoxy) is 1. The number of hydrogen-bond acceptors (Lipinski definition) is 3. The first-order valence-electron chi connectivity index (χ1n) is 4.45. The summed E-state index contributed by atoms with van der Waals surface area (Å²) in [4.78, 5) is 8.60. The van der Waals surface area contributed by atoms with E-state index in [1.807, 2.05) is 20.8 Å². The first-order valence-corrected chi connectivity index (χ1v) is 4.99. The number of methoxy groups -OCH3 is 1. The van der Waals surface area contributed by atoms with Crippen LogP contribution in [-0.4, -0.2) is 17.1 Å². The van der Waals surface area contributed by atoms with Crippen LogP contribution in [0.15, 0.2) is 6.20 Å². The van der Waals surface area contributed by atoms with Gasteiger partial charge in [0.1, 0.15) is 5.60 Å². The number of aromatic nitrogens is 2. The van der Waals surface area contributed by atoms with E-state index in [4.69, 9.17) is 16.3 Å². The molecule has 0 aromatic carbocycles. The van der Waals surface area contributed by atoms with Gasteiger partial charge in [-0.2, -0.15) is 0 Å². The van der Waals surface area contributed by atoms with Gasteiger partial charge in [0.25, 0.3) is 0 Å². The highest BCUT2D eigenvalue weighted by Crippen LogP contribution is 2.20. The molecule has 1 rings (SSSR count). The highest BCUT2D eigenvalue weighted by atomic mass is 35.5. The molecule has 0 aliphatic rings. The lowest BCUT2D eigenvalue weighted by atomic mass is 10.1. The van der Waals surface area contributed by atoms with E-state index in [-0.39, 0.29) is 0 Å². The minimum atomic E-state index is -0.449. The summed E-state index contributed by atoms with van der Waals surface area (Å²) in [5, 5.41) is 0. The topological polar surface area (TPSA) is 35.0 Å². The van der Waals surface area contributed by atoms with Crippen LogP contribution in [0.3, 0.4) is 0 Å². The van der Waals surface area contributed by atoms with Gasteiger partial charge in [0.2, 0.25) is 0 Å². The molecule has 0 amide bonds. The van der Waals surface area contributed by atoms with Gasteiger partial charge in [-0.15, -0.1) is 11.6 Å². The van der Waals surface area contributed by atoms with Crippen LogP contribution < -0.4 is 0 Å². The summed E-state index contributed by atoms with van der Waals surface area (Å²) in [5.41, 5.74) is 1.42. The molecule has 78 valence electrons. The maximum atomic E-state index is 5.72. The van der Waals surface area contributed by atoms with Crippen LogP contribution >= 0.6 is 11.6 Å². The zero-order valence-corrected chi connectivity index (χ0v) is 9.72. The van der Waals surface area contributed by atoms with Crippen molar-refractivity contribution in [3.63, 3.8) is 0 Å². The molecule has 0 saturated carbocycles. The summed E-state index contributed by atoms with van der Waals surface area (Å²) >= 11 is 5.72. The molecular weight excluding hydrogens is 200 g/mol. The summed E-state index contributed by atoms with van der Waals surface area (Å²) in [6.07, 6.45) is 1.76. The standard InChI is InChI=1S/C10H15ClN2O/c1-7-8(5-11)6-12-9(13-7)10(2,3)14-4/h6H,5H2,1-4H3. The summed E-state index contributed by atoms with van der Waals surface area (Å²) in [6, 6.07) is 0. The molecule has 0 bridgehead atoms. The molecule has 0 aliphatic heterocycles. The van der Waals surface area contributed by atoms with E-state index in [9.17, 15) is 0 Å². The highest BCUT2D eigenvalue weighted by molar-refractivity contribution is 6.17. The van der Waals surface area contributed by atoms with Crippen LogP contribution in [-0.2, 0) is 16.2 Å². The average molecular weight is 215 g/mol. The number of alkyl halides is 1. The lowest BCUT2D eigenvalue weighted by molar-refractivity contribution is 0.0113. The molecule has 0 spiro atoms. The normalized spacial score (nSPS) is 11.8. The quantitative estimate of drug-likeness (QED) is 0.725. The third-order valence-corrected chi connectivity index (χ3v) is 2.56. The molecule has 4 heteroatoms. The van der Waals surface area contributed by atoms with Gasteiger partial charge in [-0.25, -0.2) is 9.97 Å². The molecule has 0 fully saturated rings. The van der Waals surface area contributed by atoms with Crippen molar-refractivity contribution in [2.75, 3.05) is 7.11 Å². The maximum absolute atomic E-state index is 5.72. The van der Waals surface area contributed by atoms with E-state index in [0.29, 0.717) is 11.7 Å². The molecule has 1 aromatic rings. The fourth-order valence-electron chi connectivity index (χ4n) is 1.00. The smallest absolute Gasteiger partial charge is 0.159 e. The van der Waals surface area contributed by atoms with Crippen molar-refractivity contribution in [1.29, 1.82) is 0 Å². The Bertz CT molecular complexity index is 326. The van der Waals surface area contributed by atoms with Crippen LogP contribution in [0.2, 0.25) is 0 Å². The first-order chi connectivity index (χ1) is 6.51. The molecule has 0 unspecified atom stereocenters. The van der Waals surface area contributed by atoms with Crippen molar-refractivity contribution in [3.8, 4) is 0 Å². The Balaban J connectivity index is 3.08. The van der Waals surface area contributed by atoms with E-state index in [1.165, 1.54) is 0 Å². The molecule has 3 nitrogen and oxygen atoms in total. The summed E-state index contributed by atoms with van der Waals surface area (Å²) < 4.78 is 5.29. The Hall–Kier alpha value is -0.670. The lowest BCUT2D eigenvalue weighted by Crippen LogP contribution is -2.23. The van der Waals surface area contributed by atoms with Crippen LogP contribution in [0.1, 0.15) is 30.9 Å². The zero-order valence-electron chi connectivity index (χ0n) is 8.97. The molecule has 0 N–H and O–H groups in total. The van der Waals surface area contributed by atoms with E-state index >= 15 is 0 Å².